The van der Waals surface area contributed by atoms with E-state index < -0.39 is 17.7 Å². The number of fused-ring (bicyclic) bond motifs is 1. The Morgan fingerprint density at radius 1 is 0.860 bits per heavy atom. The number of hydrogen-bond acceptors (Lipinski definition) is 4. The molecule has 222 valence electrons. The average molecular weight is 578 g/mol. The van der Waals surface area contributed by atoms with E-state index in [1.54, 1.807) is 4.57 Å². The maximum absolute atomic E-state index is 14.9. The second kappa shape index (κ2) is 11.0. The zero-order chi connectivity index (χ0) is 31.4. The van der Waals surface area contributed by atoms with Crippen molar-refractivity contribution in [2.75, 3.05) is 0 Å². The zero-order valence-corrected chi connectivity index (χ0v) is 26.4. The molecular weight excluding hydrogens is 538 g/mol. The normalized spacial score (nSPS) is 12.6. The zero-order valence-electron chi connectivity index (χ0n) is 26.4. The van der Waals surface area contributed by atoms with Gasteiger partial charge in [0.1, 0.15) is 5.82 Å². The number of ether oxygens (including phenoxy) is 1. The van der Waals surface area contributed by atoms with E-state index in [1.165, 1.54) is 0 Å². The number of carbonyl (C=O) groups is 1. The minimum absolute atomic E-state index is 0.201. The minimum Gasteiger partial charge on any atom is -0.479 e. The van der Waals surface area contributed by atoms with Gasteiger partial charge in [-0.05, 0) is 107 Å². The summed E-state index contributed by atoms with van der Waals surface area (Å²) in [7, 11) is 1.85. The van der Waals surface area contributed by atoms with Crippen LogP contribution in [0.25, 0.3) is 39.2 Å². The molecule has 5 rings (SSSR count). The van der Waals surface area contributed by atoms with Crippen LogP contribution in [-0.4, -0.2) is 30.8 Å². The predicted molar refractivity (Wildman–Crippen MR) is 172 cm³/mol. The number of nitrogens with zero attached hydrogens (tertiary/aromatic N) is 3. The average Bonchev–Trinajstić information content (AvgIpc) is 3.26. The van der Waals surface area contributed by atoms with Crippen molar-refractivity contribution in [3.8, 4) is 28.2 Å². The Bertz CT molecular complexity index is 1960. The number of aliphatic carboxylic acids is 1. The molecule has 1 unspecified atom stereocenters. The Morgan fingerprint density at radius 3 is 2.07 bits per heavy atom. The molecule has 0 amide bonds. The van der Waals surface area contributed by atoms with Crippen molar-refractivity contribution in [2.45, 2.75) is 67.1 Å². The standard InChI is InChI=1S/C36H39N3O4/c1-20-14-16-25(18-22(20)3)29-24(5)39(26-17-15-21(2)23(4)19-26)34(40)31(30(29)32(35(41)42)43-36(6,7)8)33-37-27-12-10-11-13-28(27)38(33)9/h10-19,32H,1-9H3,(H,41,42). The van der Waals surface area contributed by atoms with Crippen LogP contribution in [-0.2, 0) is 16.6 Å². The SMILES string of the molecule is Cc1ccc(-c2c(C(OC(C)(C)C)C(=O)O)c(-c3nc4ccccc4n3C)c(=O)n(-c3ccc(C)c(C)c3)c2C)cc1C. The third kappa shape index (κ3) is 5.41. The van der Waals surface area contributed by atoms with Crippen molar-refractivity contribution < 1.29 is 14.6 Å². The Balaban J connectivity index is 2.05. The second-order valence-corrected chi connectivity index (χ2v) is 12.4. The first-order valence-electron chi connectivity index (χ1n) is 14.5. The van der Waals surface area contributed by atoms with Gasteiger partial charge in [0.15, 0.2) is 6.10 Å². The van der Waals surface area contributed by atoms with E-state index in [4.69, 9.17) is 9.72 Å². The van der Waals surface area contributed by atoms with Crippen molar-refractivity contribution >= 4 is 17.0 Å². The molecule has 0 aliphatic carbocycles. The molecule has 5 aromatic rings. The molecule has 43 heavy (non-hydrogen) atoms. The van der Waals surface area contributed by atoms with Crippen molar-refractivity contribution in [2.24, 2.45) is 7.05 Å². The fraction of sp³-hybridized carbons (Fsp3) is 0.306. The lowest BCUT2D eigenvalue weighted by atomic mass is 9.88. The van der Waals surface area contributed by atoms with Gasteiger partial charge in [0.25, 0.3) is 5.56 Å². The molecule has 2 heterocycles. The highest BCUT2D eigenvalue weighted by molar-refractivity contribution is 5.89. The monoisotopic (exact) mass is 577 g/mol. The molecule has 0 bridgehead atoms. The van der Waals surface area contributed by atoms with Crippen LogP contribution in [0.1, 0.15) is 60.4 Å². The molecule has 1 N–H and O–H groups in total. The quantitative estimate of drug-likeness (QED) is 0.225. The van der Waals surface area contributed by atoms with Crippen LogP contribution in [0.4, 0.5) is 0 Å². The van der Waals surface area contributed by atoms with Crippen LogP contribution in [0.15, 0.2) is 65.5 Å². The highest BCUT2D eigenvalue weighted by atomic mass is 16.5. The molecule has 0 aliphatic heterocycles. The van der Waals surface area contributed by atoms with E-state index in [1.807, 2.05) is 128 Å². The van der Waals surface area contributed by atoms with E-state index in [0.29, 0.717) is 33.8 Å². The van der Waals surface area contributed by atoms with Crippen LogP contribution in [0, 0.1) is 34.6 Å². The van der Waals surface area contributed by atoms with Gasteiger partial charge in [0.2, 0.25) is 0 Å². The molecule has 0 saturated carbocycles. The van der Waals surface area contributed by atoms with Crippen LogP contribution in [0.3, 0.4) is 0 Å². The Kier molecular flexibility index (Phi) is 7.65. The number of hydrogen-bond donors (Lipinski definition) is 1. The third-order valence-corrected chi connectivity index (χ3v) is 8.17. The number of imidazole rings is 1. The first kappa shape index (κ1) is 30.0. The fourth-order valence-electron chi connectivity index (χ4n) is 5.68. The largest absolute Gasteiger partial charge is 0.479 e. The summed E-state index contributed by atoms with van der Waals surface area (Å²) in [5.41, 5.74) is 7.96. The van der Waals surface area contributed by atoms with Crippen molar-refractivity contribution in [3.63, 3.8) is 0 Å². The predicted octanol–water partition coefficient (Wildman–Crippen LogP) is 7.54. The van der Waals surface area contributed by atoms with Crippen LogP contribution >= 0.6 is 0 Å². The topological polar surface area (TPSA) is 86.3 Å². The summed E-state index contributed by atoms with van der Waals surface area (Å²) >= 11 is 0. The molecule has 0 aliphatic rings. The van der Waals surface area contributed by atoms with Crippen LogP contribution in [0.2, 0.25) is 0 Å². The lowest BCUT2D eigenvalue weighted by Gasteiger charge is -2.30. The summed E-state index contributed by atoms with van der Waals surface area (Å²) in [6.07, 6.45) is -1.44. The van der Waals surface area contributed by atoms with Crippen LogP contribution in [0.5, 0.6) is 0 Å². The van der Waals surface area contributed by atoms with E-state index >= 15 is 0 Å². The van der Waals surface area contributed by atoms with Crippen LogP contribution < -0.4 is 5.56 Å². The van der Waals surface area contributed by atoms with Crippen molar-refractivity contribution in [1.29, 1.82) is 0 Å². The van der Waals surface area contributed by atoms with Gasteiger partial charge >= 0.3 is 5.97 Å². The lowest BCUT2D eigenvalue weighted by Crippen LogP contribution is -2.32. The molecule has 3 aromatic carbocycles. The first-order chi connectivity index (χ1) is 20.2. The number of aryl methyl sites for hydroxylation is 5. The number of carboxylic acids is 1. The summed E-state index contributed by atoms with van der Waals surface area (Å²) in [6.45, 7) is 15.4. The molecule has 2 aromatic heterocycles. The summed E-state index contributed by atoms with van der Waals surface area (Å²) in [5.74, 6) is -0.796. The Labute approximate surface area is 252 Å². The van der Waals surface area contributed by atoms with E-state index in [9.17, 15) is 14.7 Å². The fourth-order valence-corrected chi connectivity index (χ4v) is 5.68. The van der Waals surface area contributed by atoms with Gasteiger partial charge in [-0.2, -0.15) is 0 Å². The van der Waals surface area contributed by atoms with Gasteiger partial charge in [-0.15, -0.1) is 0 Å². The van der Waals surface area contributed by atoms with Gasteiger partial charge < -0.3 is 14.4 Å². The van der Waals surface area contributed by atoms with Crippen molar-refractivity contribution in [1.82, 2.24) is 14.1 Å². The molecule has 7 nitrogen and oxygen atoms in total. The first-order valence-corrected chi connectivity index (χ1v) is 14.5. The van der Waals surface area contributed by atoms with Gasteiger partial charge in [0, 0.05) is 29.6 Å². The van der Waals surface area contributed by atoms with E-state index in [0.717, 1.165) is 33.3 Å². The number of carboxylic acid groups (broad SMARTS) is 1. The number of pyridine rings is 1. The number of aromatic nitrogens is 3. The minimum atomic E-state index is -1.44. The summed E-state index contributed by atoms with van der Waals surface area (Å²) in [4.78, 5) is 32.9. The molecule has 0 radical (unpaired) electrons. The van der Waals surface area contributed by atoms with Gasteiger partial charge in [-0.25, -0.2) is 9.78 Å². The maximum Gasteiger partial charge on any atom is 0.337 e. The van der Waals surface area contributed by atoms with Crippen molar-refractivity contribution in [3.05, 3.63) is 105 Å². The van der Waals surface area contributed by atoms with Gasteiger partial charge in [-0.1, -0.05) is 36.4 Å². The highest BCUT2D eigenvalue weighted by Gasteiger charge is 2.36. The maximum atomic E-state index is 14.9. The Morgan fingerprint density at radius 2 is 1.49 bits per heavy atom. The highest BCUT2D eigenvalue weighted by Crippen LogP contribution is 2.41. The van der Waals surface area contributed by atoms with E-state index in [-0.39, 0.29) is 11.1 Å². The molecule has 0 saturated heterocycles. The smallest absolute Gasteiger partial charge is 0.337 e. The number of rotatable bonds is 6. The summed E-state index contributed by atoms with van der Waals surface area (Å²) in [6, 6.07) is 19.6. The van der Waals surface area contributed by atoms with Gasteiger partial charge in [-0.3, -0.25) is 9.36 Å². The lowest BCUT2D eigenvalue weighted by molar-refractivity contribution is -0.160. The molecule has 7 heteroatoms. The van der Waals surface area contributed by atoms with Gasteiger partial charge in [0.05, 0.1) is 22.2 Å². The molecular formula is C36H39N3O4. The Hall–Kier alpha value is -4.49. The number of para-hydroxylation sites is 2. The summed E-state index contributed by atoms with van der Waals surface area (Å²) < 4.78 is 9.83. The number of benzene rings is 3. The van der Waals surface area contributed by atoms with E-state index in [2.05, 4.69) is 0 Å². The third-order valence-electron chi connectivity index (χ3n) is 8.17. The molecule has 0 spiro atoms. The summed E-state index contributed by atoms with van der Waals surface area (Å²) in [5, 5.41) is 10.7. The molecule has 1 atom stereocenters. The molecule has 0 fully saturated rings. The second-order valence-electron chi connectivity index (χ2n) is 12.4.